The monoisotopic (exact) mass is 211 g/mol. The van der Waals surface area contributed by atoms with Crippen LogP contribution in [0.3, 0.4) is 0 Å². The third-order valence-corrected chi connectivity index (χ3v) is 2.72. The summed E-state index contributed by atoms with van der Waals surface area (Å²) < 4.78 is 5.57. The van der Waals surface area contributed by atoms with Crippen LogP contribution in [0.5, 0.6) is 5.75 Å². The Morgan fingerprint density at radius 2 is 2.21 bits per heavy atom. The van der Waals surface area contributed by atoms with Crippen molar-refractivity contribution in [2.24, 2.45) is 0 Å². The number of benzene rings is 1. The fourth-order valence-corrected chi connectivity index (χ4v) is 1.61. The van der Waals surface area contributed by atoms with Crippen LogP contribution in [0.2, 0.25) is 0 Å². The Balaban J connectivity index is 2.45. The molecule has 2 N–H and O–H groups in total. The van der Waals surface area contributed by atoms with Crippen LogP contribution in [0.1, 0.15) is 12.5 Å². The second kappa shape index (κ2) is 5.81. The topological polar surface area (TPSA) is 35.2 Å². The van der Waals surface area contributed by atoms with Gasteiger partial charge in [-0.3, -0.25) is 0 Å². The molecular formula is C11H17NOS. The van der Waals surface area contributed by atoms with Gasteiger partial charge in [0.2, 0.25) is 0 Å². The Hall–Kier alpha value is -0.830. The van der Waals surface area contributed by atoms with Crippen LogP contribution in [-0.2, 0) is 0 Å². The number of thioether (sulfide) groups is 1. The van der Waals surface area contributed by atoms with Gasteiger partial charge in [0.05, 0.1) is 12.3 Å². The fraction of sp³-hybridized carbons (Fsp3) is 0.455. The normalized spacial score (nSPS) is 10.1. The molecule has 78 valence electrons. The smallest absolute Gasteiger partial charge is 0.142 e. The van der Waals surface area contributed by atoms with E-state index in [0.717, 1.165) is 29.5 Å². The predicted octanol–water partition coefficient (Wildman–Crippen LogP) is 2.71. The summed E-state index contributed by atoms with van der Waals surface area (Å²) >= 11 is 1.87. The average molecular weight is 211 g/mol. The largest absolute Gasteiger partial charge is 0.491 e. The number of nitrogens with two attached hydrogens (primary N) is 1. The number of hydrogen-bond acceptors (Lipinski definition) is 3. The number of aryl methyl sites for hydroxylation is 1. The first-order valence-corrected chi connectivity index (χ1v) is 5.96. The van der Waals surface area contributed by atoms with Crippen molar-refractivity contribution in [1.82, 2.24) is 0 Å². The van der Waals surface area contributed by atoms with Crippen molar-refractivity contribution in [2.45, 2.75) is 13.8 Å². The maximum absolute atomic E-state index is 5.77. The van der Waals surface area contributed by atoms with Crippen molar-refractivity contribution in [2.75, 3.05) is 23.8 Å². The number of ether oxygens (including phenoxy) is 1. The summed E-state index contributed by atoms with van der Waals surface area (Å²) in [5, 5.41) is 0. The quantitative estimate of drug-likeness (QED) is 0.601. The van der Waals surface area contributed by atoms with Gasteiger partial charge in [-0.05, 0) is 30.4 Å². The van der Waals surface area contributed by atoms with Crippen molar-refractivity contribution in [3.05, 3.63) is 23.8 Å². The highest BCUT2D eigenvalue weighted by Gasteiger charge is 1.99. The van der Waals surface area contributed by atoms with Gasteiger partial charge in [-0.15, -0.1) is 0 Å². The van der Waals surface area contributed by atoms with Gasteiger partial charge in [-0.2, -0.15) is 11.8 Å². The lowest BCUT2D eigenvalue weighted by Crippen LogP contribution is -2.02. The van der Waals surface area contributed by atoms with Gasteiger partial charge in [-0.1, -0.05) is 13.0 Å². The SMILES string of the molecule is CCSCCOc1cc(C)ccc1N. The van der Waals surface area contributed by atoms with Crippen LogP contribution in [0.25, 0.3) is 0 Å². The molecule has 2 nitrogen and oxygen atoms in total. The van der Waals surface area contributed by atoms with E-state index < -0.39 is 0 Å². The van der Waals surface area contributed by atoms with Crippen molar-refractivity contribution >= 4 is 17.4 Å². The molecule has 0 radical (unpaired) electrons. The minimum atomic E-state index is 0.720. The standard InChI is InChI=1S/C11H17NOS/c1-3-14-7-6-13-11-8-9(2)4-5-10(11)12/h4-5,8H,3,6-7,12H2,1-2H3. The zero-order valence-electron chi connectivity index (χ0n) is 8.75. The molecule has 0 aliphatic heterocycles. The average Bonchev–Trinajstić information content (AvgIpc) is 2.18. The van der Waals surface area contributed by atoms with Crippen LogP contribution in [0.15, 0.2) is 18.2 Å². The summed E-state index contributed by atoms with van der Waals surface area (Å²) in [6.07, 6.45) is 0. The molecule has 0 heterocycles. The van der Waals surface area contributed by atoms with E-state index in [1.807, 2.05) is 36.9 Å². The first kappa shape index (κ1) is 11.2. The van der Waals surface area contributed by atoms with Gasteiger partial charge in [0, 0.05) is 5.75 Å². The molecule has 1 rings (SSSR count). The highest BCUT2D eigenvalue weighted by Crippen LogP contribution is 2.22. The van der Waals surface area contributed by atoms with Gasteiger partial charge < -0.3 is 10.5 Å². The van der Waals surface area contributed by atoms with E-state index in [0.29, 0.717) is 0 Å². The molecule has 0 spiro atoms. The van der Waals surface area contributed by atoms with Crippen LogP contribution in [-0.4, -0.2) is 18.1 Å². The molecule has 0 saturated heterocycles. The molecule has 0 fully saturated rings. The number of hydrogen-bond donors (Lipinski definition) is 1. The summed E-state index contributed by atoms with van der Waals surface area (Å²) in [6, 6.07) is 5.85. The van der Waals surface area contributed by atoms with Crippen LogP contribution >= 0.6 is 11.8 Å². The summed E-state index contributed by atoms with van der Waals surface area (Å²) in [5.74, 6) is 2.96. The molecular weight excluding hydrogens is 194 g/mol. The zero-order valence-corrected chi connectivity index (χ0v) is 9.56. The first-order valence-electron chi connectivity index (χ1n) is 4.80. The van der Waals surface area contributed by atoms with Gasteiger partial charge in [0.1, 0.15) is 5.75 Å². The second-order valence-corrected chi connectivity index (χ2v) is 4.48. The lowest BCUT2D eigenvalue weighted by atomic mass is 10.2. The van der Waals surface area contributed by atoms with Gasteiger partial charge >= 0.3 is 0 Å². The lowest BCUT2D eigenvalue weighted by molar-refractivity contribution is 0.345. The van der Waals surface area contributed by atoms with E-state index in [1.54, 1.807) is 0 Å². The van der Waals surface area contributed by atoms with Gasteiger partial charge in [0.15, 0.2) is 0 Å². The molecule has 1 aromatic rings. The highest BCUT2D eigenvalue weighted by molar-refractivity contribution is 7.99. The van der Waals surface area contributed by atoms with Crippen molar-refractivity contribution in [3.63, 3.8) is 0 Å². The van der Waals surface area contributed by atoms with Gasteiger partial charge in [0.25, 0.3) is 0 Å². The first-order chi connectivity index (χ1) is 6.74. The summed E-state index contributed by atoms with van der Waals surface area (Å²) in [5.41, 5.74) is 7.67. The Morgan fingerprint density at radius 3 is 2.93 bits per heavy atom. The molecule has 14 heavy (non-hydrogen) atoms. The minimum absolute atomic E-state index is 0.720. The lowest BCUT2D eigenvalue weighted by Gasteiger charge is -2.08. The maximum atomic E-state index is 5.77. The van der Waals surface area contributed by atoms with Crippen LogP contribution < -0.4 is 10.5 Å². The summed E-state index contributed by atoms with van der Waals surface area (Å²) in [7, 11) is 0. The Kier molecular flexibility index (Phi) is 4.66. The molecule has 1 aromatic carbocycles. The molecule has 0 bridgehead atoms. The second-order valence-electron chi connectivity index (χ2n) is 3.09. The molecule has 0 aliphatic carbocycles. The third kappa shape index (κ3) is 3.50. The number of rotatable bonds is 5. The van der Waals surface area contributed by atoms with Crippen molar-refractivity contribution < 1.29 is 4.74 Å². The predicted molar refractivity (Wildman–Crippen MR) is 64.1 cm³/mol. The van der Waals surface area contributed by atoms with Crippen LogP contribution in [0, 0.1) is 6.92 Å². The minimum Gasteiger partial charge on any atom is -0.491 e. The van der Waals surface area contributed by atoms with Crippen LogP contribution in [0.4, 0.5) is 5.69 Å². The highest BCUT2D eigenvalue weighted by atomic mass is 32.2. The summed E-state index contributed by atoms with van der Waals surface area (Å²) in [4.78, 5) is 0. The number of nitrogen functional groups attached to an aromatic ring is 1. The van der Waals surface area contributed by atoms with E-state index >= 15 is 0 Å². The Labute approximate surface area is 89.8 Å². The van der Waals surface area contributed by atoms with E-state index in [2.05, 4.69) is 6.92 Å². The third-order valence-electron chi connectivity index (χ3n) is 1.86. The Morgan fingerprint density at radius 1 is 1.43 bits per heavy atom. The van der Waals surface area contributed by atoms with Gasteiger partial charge in [-0.25, -0.2) is 0 Å². The molecule has 0 atom stereocenters. The molecule has 0 unspecified atom stereocenters. The molecule has 0 aromatic heterocycles. The maximum Gasteiger partial charge on any atom is 0.142 e. The Bertz CT molecular complexity index is 289. The molecule has 0 saturated carbocycles. The zero-order chi connectivity index (χ0) is 10.4. The molecule has 0 aliphatic rings. The van der Waals surface area contributed by atoms with E-state index in [4.69, 9.17) is 10.5 Å². The fourth-order valence-electron chi connectivity index (χ4n) is 1.12. The molecule has 0 amide bonds. The van der Waals surface area contributed by atoms with Crippen molar-refractivity contribution in [1.29, 1.82) is 0 Å². The van der Waals surface area contributed by atoms with E-state index in [-0.39, 0.29) is 0 Å². The van der Waals surface area contributed by atoms with E-state index in [9.17, 15) is 0 Å². The van der Waals surface area contributed by atoms with Crippen molar-refractivity contribution in [3.8, 4) is 5.75 Å². The van der Waals surface area contributed by atoms with E-state index in [1.165, 1.54) is 5.56 Å². The number of anilines is 1. The molecule has 3 heteroatoms. The summed E-state index contributed by atoms with van der Waals surface area (Å²) in [6.45, 7) is 4.91.